The van der Waals surface area contributed by atoms with Crippen molar-refractivity contribution in [3.8, 4) is 0 Å². The molecule has 1 saturated heterocycles. The zero-order valence-electron chi connectivity index (χ0n) is 12.6. The van der Waals surface area contributed by atoms with E-state index in [-0.39, 0.29) is 0 Å². The number of nitrogens with zero attached hydrogens (tertiary/aromatic N) is 4. The third-order valence-corrected chi connectivity index (χ3v) is 4.60. The van der Waals surface area contributed by atoms with E-state index in [0.29, 0.717) is 5.13 Å². The maximum atomic E-state index is 5.95. The van der Waals surface area contributed by atoms with Crippen molar-refractivity contribution in [1.29, 1.82) is 0 Å². The number of nitrogens with two attached hydrogens (primary N) is 1. The summed E-state index contributed by atoms with van der Waals surface area (Å²) in [7, 11) is 0. The Hall–Kier alpha value is -2.15. The van der Waals surface area contributed by atoms with Gasteiger partial charge < -0.3 is 10.6 Å². The molecule has 0 spiro atoms. The number of hydrazone groups is 1. The second kappa shape index (κ2) is 6.74. The lowest BCUT2D eigenvalue weighted by Crippen LogP contribution is -2.29. The van der Waals surface area contributed by atoms with Crippen molar-refractivity contribution in [2.45, 2.75) is 26.2 Å². The van der Waals surface area contributed by atoms with Crippen molar-refractivity contribution in [3.63, 3.8) is 0 Å². The normalized spacial score (nSPS) is 15.9. The quantitative estimate of drug-likeness (QED) is 0.515. The van der Waals surface area contributed by atoms with Gasteiger partial charge in [-0.25, -0.2) is 0 Å². The number of piperidine rings is 1. The maximum Gasteiger partial charge on any atom is 0.227 e. The van der Waals surface area contributed by atoms with Crippen molar-refractivity contribution in [2.75, 3.05) is 29.1 Å². The first-order chi connectivity index (χ1) is 10.7. The van der Waals surface area contributed by atoms with E-state index < -0.39 is 0 Å². The fourth-order valence-electron chi connectivity index (χ4n) is 2.49. The van der Waals surface area contributed by atoms with Crippen LogP contribution in [0.3, 0.4) is 0 Å². The van der Waals surface area contributed by atoms with Gasteiger partial charge in [0, 0.05) is 24.3 Å². The summed E-state index contributed by atoms with van der Waals surface area (Å²) >= 11 is 1.54. The number of nitrogens with one attached hydrogen (secondary N) is 1. The molecule has 116 valence electrons. The molecule has 1 aliphatic rings. The molecule has 3 rings (SSSR count). The summed E-state index contributed by atoms with van der Waals surface area (Å²) in [6.07, 6.45) is 3.77. The van der Waals surface area contributed by atoms with E-state index >= 15 is 0 Å². The van der Waals surface area contributed by atoms with Gasteiger partial charge in [-0.05, 0) is 32.3 Å². The third kappa shape index (κ3) is 3.36. The molecule has 0 bridgehead atoms. The van der Waals surface area contributed by atoms with Gasteiger partial charge in [0.1, 0.15) is 0 Å². The number of para-hydroxylation sites is 1. The number of rotatable bonds is 4. The van der Waals surface area contributed by atoms with Gasteiger partial charge in [0.25, 0.3) is 0 Å². The van der Waals surface area contributed by atoms with Gasteiger partial charge in [-0.3, -0.25) is 5.43 Å². The number of hydrogen-bond donors (Lipinski definition) is 2. The summed E-state index contributed by atoms with van der Waals surface area (Å²) in [6, 6.07) is 7.68. The topological polar surface area (TPSA) is 79.4 Å². The number of hydrogen-bond acceptors (Lipinski definition) is 7. The Morgan fingerprint density at radius 2 is 2.00 bits per heavy atom. The average Bonchev–Trinajstić information content (AvgIpc) is 3.03. The highest BCUT2D eigenvalue weighted by molar-refractivity contribution is 7.19. The fourth-order valence-corrected chi connectivity index (χ4v) is 3.23. The highest BCUT2D eigenvalue weighted by Crippen LogP contribution is 2.26. The smallest absolute Gasteiger partial charge is 0.227 e. The van der Waals surface area contributed by atoms with Crippen molar-refractivity contribution >= 4 is 33.0 Å². The van der Waals surface area contributed by atoms with Gasteiger partial charge in [-0.1, -0.05) is 29.5 Å². The van der Waals surface area contributed by atoms with Crippen LogP contribution in [0.15, 0.2) is 29.4 Å². The number of aromatic nitrogens is 2. The minimum atomic E-state index is 0.703. The minimum absolute atomic E-state index is 0.703. The molecule has 0 radical (unpaired) electrons. The van der Waals surface area contributed by atoms with Gasteiger partial charge >= 0.3 is 0 Å². The van der Waals surface area contributed by atoms with E-state index in [0.717, 1.165) is 35.2 Å². The molecule has 2 aromatic rings. The van der Waals surface area contributed by atoms with Crippen molar-refractivity contribution in [1.82, 2.24) is 10.2 Å². The van der Waals surface area contributed by atoms with Crippen LogP contribution in [0.4, 0.5) is 16.0 Å². The summed E-state index contributed by atoms with van der Waals surface area (Å²) < 4.78 is 0. The number of nitrogen functional groups attached to an aromatic ring is 1. The molecule has 6 nitrogen and oxygen atoms in total. The standard InChI is InChI=1S/C15H20N6S/c1-11(12-7-3-4-8-13(12)16)17-18-14-19-20-15(22-14)21-9-5-2-6-10-21/h3-4,7-8H,2,5-6,9-10,16H2,1H3,(H,18,19)/b17-11+. The van der Waals surface area contributed by atoms with E-state index in [4.69, 9.17) is 5.73 Å². The summed E-state index contributed by atoms with van der Waals surface area (Å²) in [5.41, 5.74) is 11.4. The SMILES string of the molecule is C/C(=N\Nc1nnc(N2CCCCC2)s1)c1ccccc1N. The van der Waals surface area contributed by atoms with Crippen LogP contribution in [0.5, 0.6) is 0 Å². The van der Waals surface area contributed by atoms with Crippen LogP contribution in [-0.2, 0) is 0 Å². The van der Waals surface area contributed by atoms with Gasteiger partial charge in [-0.2, -0.15) is 5.10 Å². The van der Waals surface area contributed by atoms with E-state index in [2.05, 4.69) is 25.6 Å². The van der Waals surface area contributed by atoms with E-state index in [1.54, 1.807) is 0 Å². The van der Waals surface area contributed by atoms with E-state index in [1.807, 2.05) is 31.2 Å². The van der Waals surface area contributed by atoms with E-state index in [9.17, 15) is 0 Å². The molecule has 1 aliphatic heterocycles. The largest absolute Gasteiger partial charge is 0.398 e. The highest BCUT2D eigenvalue weighted by Gasteiger charge is 2.15. The lowest BCUT2D eigenvalue weighted by atomic mass is 10.1. The van der Waals surface area contributed by atoms with Gasteiger partial charge in [0.15, 0.2) is 0 Å². The molecule has 0 atom stereocenters. The predicted octanol–water partition coefficient (Wildman–Crippen LogP) is 2.95. The Morgan fingerprint density at radius 1 is 1.23 bits per heavy atom. The zero-order chi connectivity index (χ0) is 15.4. The highest BCUT2D eigenvalue weighted by atomic mass is 32.1. The Bertz CT molecular complexity index is 660. The van der Waals surface area contributed by atoms with Crippen molar-refractivity contribution < 1.29 is 0 Å². The molecular weight excluding hydrogens is 296 g/mol. The van der Waals surface area contributed by atoms with Crippen LogP contribution < -0.4 is 16.1 Å². The first-order valence-electron chi connectivity index (χ1n) is 7.47. The van der Waals surface area contributed by atoms with Gasteiger partial charge in [0.05, 0.1) is 5.71 Å². The summed E-state index contributed by atoms with van der Waals surface area (Å²) in [5, 5.41) is 14.4. The number of benzene rings is 1. The average molecular weight is 316 g/mol. The maximum absolute atomic E-state index is 5.95. The monoisotopic (exact) mass is 316 g/mol. The first-order valence-corrected chi connectivity index (χ1v) is 8.29. The number of anilines is 3. The molecule has 1 aromatic carbocycles. The second-order valence-corrected chi connectivity index (χ2v) is 6.29. The first kappa shape index (κ1) is 14.8. The summed E-state index contributed by atoms with van der Waals surface area (Å²) in [6.45, 7) is 4.06. The molecule has 3 N–H and O–H groups in total. The van der Waals surface area contributed by atoms with Crippen molar-refractivity contribution in [3.05, 3.63) is 29.8 Å². The fraction of sp³-hybridized carbons (Fsp3) is 0.400. The Kier molecular flexibility index (Phi) is 4.53. The molecule has 0 amide bonds. The van der Waals surface area contributed by atoms with Gasteiger partial charge in [-0.15, -0.1) is 10.2 Å². The molecule has 0 aliphatic carbocycles. The molecule has 0 unspecified atom stereocenters. The summed E-state index contributed by atoms with van der Waals surface area (Å²) in [5.74, 6) is 0. The molecule has 2 heterocycles. The molecule has 1 aromatic heterocycles. The van der Waals surface area contributed by atoms with Crippen molar-refractivity contribution in [2.24, 2.45) is 5.10 Å². The predicted molar refractivity (Wildman–Crippen MR) is 92.7 cm³/mol. The van der Waals surface area contributed by atoms with Crippen LogP contribution in [0.25, 0.3) is 0 Å². The Balaban J connectivity index is 1.67. The summed E-state index contributed by atoms with van der Waals surface area (Å²) in [4.78, 5) is 2.29. The molecule has 7 heteroatoms. The van der Waals surface area contributed by atoms with E-state index in [1.165, 1.54) is 30.6 Å². The minimum Gasteiger partial charge on any atom is -0.398 e. The lowest BCUT2D eigenvalue weighted by molar-refractivity contribution is 0.575. The van der Waals surface area contributed by atoms with Crippen LogP contribution >= 0.6 is 11.3 Å². The molecule has 0 saturated carbocycles. The third-order valence-electron chi connectivity index (χ3n) is 3.71. The molecule has 1 fully saturated rings. The Morgan fingerprint density at radius 3 is 2.77 bits per heavy atom. The second-order valence-electron chi connectivity index (χ2n) is 5.33. The zero-order valence-corrected chi connectivity index (χ0v) is 13.4. The van der Waals surface area contributed by atoms with Gasteiger partial charge in [0.2, 0.25) is 10.3 Å². The van der Waals surface area contributed by atoms with Crippen LogP contribution in [-0.4, -0.2) is 29.0 Å². The lowest BCUT2D eigenvalue weighted by Gasteiger charge is -2.25. The van der Waals surface area contributed by atoms with Crippen LogP contribution in [0, 0.1) is 0 Å². The molecular formula is C15H20N6S. The van der Waals surface area contributed by atoms with Crippen LogP contribution in [0.2, 0.25) is 0 Å². The Labute approximate surface area is 134 Å². The molecule has 22 heavy (non-hydrogen) atoms. The van der Waals surface area contributed by atoms with Crippen LogP contribution in [0.1, 0.15) is 31.7 Å².